The first-order valence-corrected chi connectivity index (χ1v) is 4.68. The molecule has 2 aromatic rings. The zero-order valence-electron chi connectivity index (χ0n) is 8.10. The van der Waals surface area contributed by atoms with Gasteiger partial charge in [-0.2, -0.15) is 0 Å². The number of hydrogen-bond donors (Lipinski definition) is 2. The Bertz CT molecular complexity index is 479. The molecule has 1 heterocycles. The molecule has 0 saturated heterocycles. The molecule has 0 spiro atoms. The van der Waals surface area contributed by atoms with Crippen molar-refractivity contribution in [2.75, 3.05) is 0 Å². The summed E-state index contributed by atoms with van der Waals surface area (Å²) in [4.78, 5) is 13.5. The number of benzene rings is 1. The molecular weight excluding hydrogens is 190 g/mol. The van der Waals surface area contributed by atoms with Crippen molar-refractivity contribution in [3.05, 3.63) is 58.5 Å². The minimum Gasteiger partial charge on any atom is -0.392 e. The van der Waals surface area contributed by atoms with Gasteiger partial charge in [0.1, 0.15) is 0 Å². The van der Waals surface area contributed by atoms with Crippen LogP contribution < -0.4 is 5.56 Å². The van der Waals surface area contributed by atoms with Crippen LogP contribution >= 0.6 is 0 Å². The third-order valence-electron chi connectivity index (χ3n) is 2.25. The monoisotopic (exact) mass is 201 g/mol. The Balaban J connectivity index is 2.37. The van der Waals surface area contributed by atoms with Gasteiger partial charge in [-0.05, 0) is 22.8 Å². The minimum atomic E-state index is -0.106. The Kier molecular flexibility index (Phi) is 2.65. The first kappa shape index (κ1) is 9.68. The van der Waals surface area contributed by atoms with Gasteiger partial charge in [-0.3, -0.25) is 4.79 Å². The average molecular weight is 201 g/mol. The second-order valence-electron chi connectivity index (χ2n) is 3.30. The number of H-pyrrole nitrogens is 1. The largest absolute Gasteiger partial charge is 0.392 e. The summed E-state index contributed by atoms with van der Waals surface area (Å²) in [6.45, 7) is 0.0475. The molecule has 0 amide bonds. The molecule has 0 aliphatic carbocycles. The van der Waals surface area contributed by atoms with Crippen LogP contribution in [0.4, 0.5) is 0 Å². The zero-order valence-corrected chi connectivity index (χ0v) is 8.10. The summed E-state index contributed by atoms with van der Waals surface area (Å²) in [5.74, 6) is 0. The molecule has 0 unspecified atom stereocenters. The molecule has 1 aromatic carbocycles. The van der Waals surface area contributed by atoms with Gasteiger partial charge in [-0.25, -0.2) is 0 Å². The molecular formula is C12H11NO2. The Morgan fingerprint density at radius 2 is 1.67 bits per heavy atom. The van der Waals surface area contributed by atoms with E-state index in [0.717, 1.165) is 16.7 Å². The number of rotatable bonds is 2. The summed E-state index contributed by atoms with van der Waals surface area (Å²) < 4.78 is 0. The molecule has 2 rings (SSSR count). The van der Waals surface area contributed by atoms with Crippen LogP contribution in [0.25, 0.3) is 11.1 Å². The van der Waals surface area contributed by atoms with E-state index in [2.05, 4.69) is 4.98 Å². The highest BCUT2D eigenvalue weighted by Crippen LogP contribution is 2.17. The molecule has 0 bridgehead atoms. The lowest BCUT2D eigenvalue weighted by atomic mass is 10.1. The van der Waals surface area contributed by atoms with Crippen molar-refractivity contribution in [1.82, 2.24) is 4.98 Å². The predicted molar refractivity (Wildman–Crippen MR) is 58.4 cm³/mol. The van der Waals surface area contributed by atoms with E-state index >= 15 is 0 Å². The van der Waals surface area contributed by atoms with Gasteiger partial charge in [-0.15, -0.1) is 0 Å². The molecule has 15 heavy (non-hydrogen) atoms. The number of aromatic amines is 1. The average Bonchev–Trinajstić information content (AvgIpc) is 2.30. The van der Waals surface area contributed by atoms with Gasteiger partial charge >= 0.3 is 0 Å². The summed E-state index contributed by atoms with van der Waals surface area (Å²) in [6.07, 6.45) is 1.68. The van der Waals surface area contributed by atoms with Crippen LogP contribution in [0.1, 0.15) is 5.56 Å². The van der Waals surface area contributed by atoms with Crippen molar-refractivity contribution in [2.45, 2.75) is 6.61 Å². The molecule has 0 aliphatic heterocycles. The second-order valence-corrected chi connectivity index (χ2v) is 3.30. The van der Waals surface area contributed by atoms with Gasteiger partial charge < -0.3 is 10.1 Å². The van der Waals surface area contributed by atoms with Gasteiger partial charge in [0.05, 0.1) is 6.61 Å². The number of nitrogens with one attached hydrogen (secondary N) is 1. The molecule has 76 valence electrons. The third-order valence-corrected chi connectivity index (χ3v) is 2.25. The molecule has 2 N–H and O–H groups in total. The lowest BCUT2D eigenvalue weighted by Crippen LogP contribution is -2.01. The maximum atomic E-state index is 10.9. The Hall–Kier alpha value is -1.87. The van der Waals surface area contributed by atoms with Gasteiger partial charge in [-0.1, -0.05) is 24.3 Å². The van der Waals surface area contributed by atoms with Gasteiger partial charge in [0.2, 0.25) is 5.56 Å². The smallest absolute Gasteiger partial charge is 0.247 e. The van der Waals surface area contributed by atoms with E-state index < -0.39 is 0 Å². The van der Waals surface area contributed by atoms with E-state index in [1.54, 1.807) is 12.3 Å². The van der Waals surface area contributed by atoms with Crippen LogP contribution in [0, 0.1) is 0 Å². The molecule has 3 heteroatoms. The number of hydrogen-bond acceptors (Lipinski definition) is 2. The minimum absolute atomic E-state index is 0.0475. The topological polar surface area (TPSA) is 53.1 Å². The van der Waals surface area contributed by atoms with Crippen molar-refractivity contribution in [2.24, 2.45) is 0 Å². The predicted octanol–water partition coefficient (Wildman–Crippen LogP) is 1.53. The van der Waals surface area contributed by atoms with Gasteiger partial charge in [0.25, 0.3) is 0 Å². The fraction of sp³-hybridized carbons (Fsp3) is 0.0833. The fourth-order valence-electron chi connectivity index (χ4n) is 1.39. The van der Waals surface area contributed by atoms with Crippen LogP contribution in [0.3, 0.4) is 0 Å². The summed E-state index contributed by atoms with van der Waals surface area (Å²) in [6, 6.07) is 10.8. The summed E-state index contributed by atoms with van der Waals surface area (Å²) >= 11 is 0. The van der Waals surface area contributed by atoms with E-state index in [0.29, 0.717) is 0 Å². The number of aliphatic hydroxyl groups is 1. The van der Waals surface area contributed by atoms with Crippen LogP contribution in [-0.4, -0.2) is 10.1 Å². The lowest BCUT2D eigenvalue weighted by Gasteiger charge is -2.01. The Morgan fingerprint density at radius 1 is 1.00 bits per heavy atom. The highest BCUT2D eigenvalue weighted by atomic mass is 16.3. The van der Waals surface area contributed by atoms with E-state index in [1.165, 1.54) is 6.07 Å². The molecule has 0 fully saturated rings. The second kappa shape index (κ2) is 4.11. The van der Waals surface area contributed by atoms with Crippen molar-refractivity contribution in [3.8, 4) is 11.1 Å². The summed E-state index contributed by atoms with van der Waals surface area (Å²) in [5.41, 5.74) is 2.75. The molecule has 0 radical (unpaired) electrons. The van der Waals surface area contributed by atoms with Crippen LogP contribution in [-0.2, 0) is 6.61 Å². The lowest BCUT2D eigenvalue weighted by molar-refractivity contribution is 0.282. The highest BCUT2D eigenvalue weighted by Gasteiger charge is 1.97. The van der Waals surface area contributed by atoms with Crippen molar-refractivity contribution >= 4 is 0 Å². The number of aromatic nitrogens is 1. The third kappa shape index (κ3) is 2.14. The van der Waals surface area contributed by atoms with Crippen LogP contribution in [0.15, 0.2) is 47.4 Å². The first-order chi connectivity index (χ1) is 7.29. The first-order valence-electron chi connectivity index (χ1n) is 4.68. The molecule has 0 aliphatic rings. The van der Waals surface area contributed by atoms with E-state index in [4.69, 9.17) is 5.11 Å². The quantitative estimate of drug-likeness (QED) is 0.774. The molecule has 3 nitrogen and oxygen atoms in total. The number of pyridine rings is 1. The van der Waals surface area contributed by atoms with Gasteiger partial charge in [0, 0.05) is 12.3 Å². The Morgan fingerprint density at radius 3 is 2.20 bits per heavy atom. The maximum Gasteiger partial charge on any atom is 0.247 e. The summed E-state index contributed by atoms with van der Waals surface area (Å²) in [5, 5.41) is 8.89. The van der Waals surface area contributed by atoms with Gasteiger partial charge in [0.15, 0.2) is 0 Å². The summed E-state index contributed by atoms with van der Waals surface area (Å²) in [7, 11) is 0. The maximum absolute atomic E-state index is 10.9. The fourth-order valence-corrected chi connectivity index (χ4v) is 1.39. The Labute approximate surface area is 87.0 Å². The van der Waals surface area contributed by atoms with Crippen molar-refractivity contribution in [1.29, 1.82) is 0 Å². The van der Waals surface area contributed by atoms with E-state index in [9.17, 15) is 4.79 Å². The van der Waals surface area contributed by atoms with E-state index in [1.807, 2.05) is 24.3 Å². The standard InChI is InChI=1S/C12H11NO2/c14-8-9-1-3-10(4-2-9)11-5-6-12(15)13-7-11/h1-7,14H,8H2,(H,13,15). The molecule has 1 aromatic heterocycles. The molecule has 0 atom stereocenters. The zero-order chi connectivity index (χ0) is 10.7. The highest BCUT2D eigenvalue weighted by molar-refractivity contribution is 5.62. The van der Waals surface area contributed by atoms with Crippen molar-refractivity contribution < 1.29 is 5.11 Å². The number of aliphatic hydroxyl groups excluding tert-OH is 1. The van der Waals surface area contributed by atoms with Crippen LogP contribution in [0.2, 0.25) is 0 Å². The normalized spacial score (nSPS) is 10.2. The SMILES string of the molecule is O=c1ccc(-c2ccc(CO)cc2)c[nH]1. The molecule has 0 saturated carbocycles. The van der Waals surface area contributed by atoms with Crippen molar-refractivity contribution in [3.63, 3.8) is 0 Å². The van der Waals surface area contributed by atoms with E-state index in [-0.39, 0.29) is 12.2 Å². The van der Waals surface area contributed by atoms with Crippen LogP contribution in [0.5, 0.6) is 0 Å².